The molecular weight excluding hydrogens is 164 g/mol. The maximum absolute atomic E-state index is 3.72. The standard InChI is InChI=1S/C11H16S/c1-4-6-9(3)10-7-8-12-11(10)5-2/h4,6H,1,5,7-8H2,2-3H3/b9-6-. The van der Waals surface area contributed by atoms with E-state index in [1.807, 2.05) is 17.8 Å². The first-order valence-corrected chi connectivity index (χ1v) is 5.42. The van der Waals surface area contributed by atoms with Gasteiger partial charge in [0.05, 0.1) is 0 Å². The zero-order valence-corrected chi connectivity index (χ0v) is 8.71. The summed E-state index contributed by atoms with van der Waals surface area (Å²) in [5.41, 5.74) is 2.95. The first-order chi connectivity index (χ1) is 5.79. The molecule has 66 valence electrons. The van der Waals surface area contributed by atoms with Gasteiger partial charge in [-0.3, -0.25) is 0 Å². The summed E-state index contributed by atoms with van der Waals surface area (Å²) in [5, 5.41) is 0. The highest BCUT2D eigenvalue weighted by Crippen LogP contribution is 2.36. The summed E-state index contributed by atoms with van der Waals surface area (Å²) in [6.07, 6.45) is 6.40. The minimum Gasteiger partial charge on any atom is -0.130 e. The van der Waals surface area contributed by atoms with Crippen molar-refractivity contribution in [2.45, 2.75) is 26.7 Å². The molecule has 0 aromatic heterocycles. The molecule has 0 saturated heterocycles. The van der Waals surface area contributed by atoms with E-state index in [-0.39, 0.29) is 0 Å². The average molecular weight is 180 g/mol. The zero-order valence-electron chi connectivity index (χ0n) is 7.89. The van der Waals surface area contributed by atoms with Crippen LogP contribution in [0.4, 0.5) is 0 Å². The van der Waals surface area contributed by atoms with Crippen LogP contribution in [0.25, 0.3) is 0 Å². The van der Waals surface area contributed by atoms with Gasteiger partial charge in [0.1, 0.15) is 0 Å². The van der Waals surface area contributed by atoms with Crippen LogP contribution in [0.2, 0.25) is 0 Å². The molecule has 1 heteroatoms. The number of hydrogen-bond donors (Lipinski definition) is 0. The number of allylic oxidation sites excluding steroid dienone is 5. The van der Waals surface area contributed by atoms with Crippen LogP contribution < -0.4 is 0 Å². The van der Waals surface area contributed by atoms with Gasteiger partial charge < -0.3 is 0 Å². The van der Waals surface area contributed by atoms with Gasteiger partial charge in [-0.15, -0.1) is 11.8 Å². The Hall–Kier alpha value is -0.430. The molecule has 1 aliphatic rings. The molecule has 1 heterocycles. The van der Waals surface area contributed by atoms with Gasteiger partial charge >= 0.3 is 0 Å². The topological polar surface area (TPSA) is 0 Å². The minimum absolute atomic E-state index is 1.18. The highest BCUT2D eigenvalue weighted by molar-refractivity contribution is 8.03. The summed E-state index contributed by atoms with van der Waals surface area (Å²) in [6.45, 7) is 8.13. The molecule has 1 aliphatic heterocycles. The third-order valence-electron chi connectivity index (χ3n) is 2.13. The molecule has 0 unspecified atom stereocenters. The molecule has 0 aromatic carbocycles. The molecule has 0 fully saturated rings. The van der Waals surface area contributed by atoms with E-state index in [0.717, 1.165) is 0 Å². The van der Waals surface area contributed by atoms with Crippen LogP contribution in [0, 0.1) is 0 Å². The van der Waals surface area contributed by atoms with Crippen LogP contribution in [0.3, 0.4) is 0 Å². The van der Waals surface area contributed by atoms with Gasteiger partial charge in [-0.2, -0.15) is 0 Å². The average Bonchev–Trinajstić information content (AvgIpc) is 2.51. The molecule has 0 spiro atoms. The molecule has 0 aromatic rings. The number of thioether (sulfide) groups is 1. The third kappa shape index (κ3) is 2.04. The van der Waals surface area contributed by atoms with Gasteiger partial charge in [0.2, 0.25) is 0 Å². The summed E-state index contributed by atoms with van der Waals surface area (Å²) in [7, 11) is 0. The SMILES string of the molecule is C=C/C=C(/C)C1=C(CC)SCC1. The quantitative estimate of drug-likeness (QED) is 0.593. The first kappa shape index (κ1) is 9.66. The first-order valence-electron chi connectivity index (χ1n) is 4.44. The zero-order chi connectivity index (χ0) is 8.97. The Bertz CT molecular complexity index is 233. The summed E-state index contributed by atoms with van der Waals surface area (Å²) >= 11 is 2.01. The maximum Gasteiger partial charge on any atom is 0.00178 e. The fourth-order valence-electron chi connectivity index (χ4n) is 1.51. The lowest BCUT2D eigenvalue weighted by Crippen LogP contribution is -1.84. The van der Waals surface area contributed by atoms with Crippen LogP contribution in [0.5, 0.6) is 0 Å². The van der Waals surface area contributed by atoms with Gasteiger partial charge in [0.15, 0.2) is 0 Å². The molecule has 0 aliphatic carbocycles. The lowest BCUT2D eigenvalue weighted by Gasteiger charge is -2.03. The van der Waals surface area contributed by atoms with Crippen molar-refractivity contribution in [2.75, 3.05) is 5.75 Å². The lowest BCUT2D eigenvalue weighted by molar-refractivity contribution is 1.09. The van der Waals surface area contributed by atoms with Crippen molar-refractivity contribution in [2.24, 2.45) is 0 Å². The molecular formula is C11H16S. The summed E-state index contributed by atoms with van der Waals surface area (Å²) in [6, 6.07) is 0. The monoisotopic (exact) mass is 180 g/mol. The Balaban J connectivity index is 2.85. The molecule has 0 bridgehead atoms. The highest BCUT2D eigenvalue weighted by atomic mass is 32.2. The van der Waals surface area contributed by atoms with Crippen LogP contribution in [0.15, 0.2) is 34.8 Å². The van der Waals surface area contributed by atoms with E-state index in [4.69, 9.17) is 0 Å². The van der Waals surface area contributed by atoms with E-state index < -0.39 is 0 Å². The summed E-state index contributed by atoms with van der Waals surface area (Å²) in [4.78, 5) is 1.57. The summed E-state index contributed by atoms with van der Waals surface area (Å²) in [5.74, 6) is 1.26. The second-order valence-corrected chi connectivity index (χ2v) is 4.13. The molecule has 0 nitrogen and oxygen atoms in total. The highest BCUT2D eigenvalue weighted by Gasteiger charge is 2.13. The molecule has 0 N–H and O–H groups in total. The Kier molecular flexibility index (Phi) is 3.67. The molecule has 0 saturated carbocycles. The fourth-order valence-corrected chi connectivity index (χ4v) is 2.71. The van der Waals surface area contributed by atoms with Crippen LogP contribution >= 0.6 is 11.8 Å². The van der Waals surface area contributed by atoms with E-state index in [1.165, 1.54) is 24.2 Å². The second-order valence-electron chi connectivity index (χ2n) is 2.94. The predicted molar refractivity (Wildman–Crippen MR) is 58.3 cm³/mol. The molecule has 0 atom stereocenters. The van der Waals surface area contributed by atoms with Crippen molar-refractivity contribution in [3.8, 4) is 0 Å². The maximum atomic E-state index is 3.72. The lowest BCUT2D eigenvalue weighted by atomic mass is 10.0. The molecule has 12 heavy (non-hydrogen) atoms. The van der Waals surface area contributed by atoms with Crippen LogP contribution in [0.1, 0.15) is 26.7 Å². The van der Waals surface area contributed by atoms with Crippen LogP contribution in [-0.4, -0.2) is 5.75 Å². The Morgan fingerprint density at radius 2 is 2.42 bits per heavy atom. The Labute approximate surface area is 79.4 Å². The smallest absolute Gasteiger partial charge is 0.00178 e. The van der Waals surface area contributed by atoms with Crippen molar-refractivity contribution in [1.29, 1.82) is 0 Å². The number of hydrogen-bond acceptors (Lipinski definition) is 1. The predicted octanol–water partition coefficient (Wildman–Crippen LogP) is 3.92. The molecule has 1 rings (SSSR count). The molecule has 0 amide bonds. The van der Waals surface area contributed by atoms with Crippen LogP contribution in [-0.2, 0) is 0 Å². The Morgan fingerprint density at radius 3 is 3.00 bits per heavy atom. The van der Waals surface area contributed by atoms with Crippen molar-refractivity contribution in [3.05, 3.63) is 34.8 Å². The van der Waals surface area contributed by atoms with Gasteiger partial charge in [-0.1, -0.05) is 25.7 Å². The molecule has 0 radical (unpaired) electrons. The second kappa shape index (κ2) is 4.56. The van der Waals surface area contributed by atoms with E-state index >= 15 is 0 Å². The van der Waals surface area contributed by atoms with Crippen molar-refractivity contribution in [3.63, 3.8) is 0 Å². The van der Waals surface area contributed by atoms with Crippen molar-refractivity contribution in [1.82, 2.24) is 0 Å². The largest absolute Gasteiger partial charge is 0.130 e. The van der Waals surface area contributed by atoms with E-state index in [2.05, 4.69) is 26.5 Å². The van der Waals surface area contributed by atoms with Gasteiger partial charge in [0.25, 0.3) is 0 Å². The van der Waals surface area contributed by atoms with E-state index in [0.29, 0.717) is 0 Å². The third-order valence-corrected chi connectivity index (χ3v) is 3.42. The van der Waals surface area contributed by atoms with Crippen molar-refractivity contribution < 1.29 is 0 Å². The van der Waals surface area contributed by atoms with Gasteiger partial charge in [-0.05, 0) is 35.8 Å². The van der Waals surface area contributed by atoms with Crippen molar-refractivity contribution >= 4 is 11.8 Å². The normalized spacial score (nSPS) is 18.7. The Morgan fingerprint density at radius 1 is 1.67 bits per heavy atom. The number of rotatable bonds is 3. The van der Waals surface area contributed by atoms with Gasteiger partial charge in [-0.25, -0.2) is 0 Å². The van der Waals surface area contributed by atoms with E-state index in [9.17, 15) is 0 Å². The summed E-state index contributed by atoms with van der Waals surface area (Å²) < 4.78 is 0. The van der Waals surface area contributed by atoms with Gasteiger partial charge in [0, 0.05) is 5.75 Å². The fraction of sp³-hybridized carbons (Fsp3) is 0.455. The van der Waals surface area contributed by atoms with E-state index in [1.54, 1.807) is 10.5 Å². The minimum atomic E-state index is 1.18.